The molecule has 2 unspecified atom stereocenters. The zero-order valence-electron chi connectivity index (χ0n) is 11.4. The van der Waals surface area contributed by atoms with Gasteiger partial charge < -0.3 is 15.0 Å². The lowest BCUT2D eigenvalue weighted by Crippen LogP contribution is -2.39. The van der Waals surface area contributed by atoms with Crippen LogP contribution in [0.2, 0.25) is 0 Å². The van der Waals surface area contributed by atoms with Crippen LogP contribution in [0.15, 0.2) is 0 Å². The van der Waals surface area contributed by atoms with Gasteiger partial charge in [-0.3, -0.25) is 0 Å². The number of hydrogen-bond acceptors (Lipinski definition) is 3. The molecule has 0 bridgehead atoms. The molecule has 2 rings (SSSR count). The number of rotatable bonds is 5. The minimum atomic E-state index is -4.07. The maximum atomic E-state index is 12.7. The van der Waals surface area contributed by atoms with Gasteiger partial charge in [0.2, 0.25) is 0 Å². The molecule has 1 N–H and O–H groups in total. The summed E-state index contributed by atoms with van der Waals surface area (Å²) >= 11 is 0. The maximum absolute atomic E-state index is 12.7. The fourth-order valence-electron chi connectivity index (χ4n) is 2.88. The molecule has 7 heteroatoms. The first-order valence-electron chi connectivity index (χ1n) is 7.18. The fourth-order valence-corrected chi connectivity index (χ4v) is 2.88. The first kappa shape index (κ1) is 15.4. The first-order chi connectivity index (χ1) is 9.47. The van der Waals surface area contributed by atoms with E-state index in [0.29, 0.717) is 32.7 Å². The Bertz CT molecular complexity index is 336. The number of amides is 1. The molecule has 0 spiro atoms. The Morgan fingerprint density at radius 3 is 2.80 bits per heavy atom. The van der Waals surface area contributed by atoms with Gasteiger partial charge in [-0.1, -0.05) is 6.42 Å². The molecule has 2 aliphatic rings. The summed E-state index contributed by atoms with van der Waals surface area (Å²) < 4.78 is 42.8. The molecule has 0 aromatic heterocycles. The van der Waals surface area contributed by atoms with Crippen LogP contribution in [0, 0.1) is 5.92 Å². The predicted molar refractivity (Wildman–Crippen MR) is 67.3 cm³/mol. The van der Waals surface area contributed by atoms with Crippen molar-refractivity contribution in [1.82, 2.24) is 10.2 Å². The molecule has 1 aliphatic carbocycles. The smallest absolute Gasteiger partial charge is 0.409 e. The molecule has 4 nitrogen and oxygen atoms in total. The summed E-state index contributed by atoms with van der Waals surface area (Å²) in [5.41, 5.74) is 0. The van der Waals surface area contributed by atoms with Crippen molar-refractivity contribution >= 4 is 6.09 Å². The van der Waals surface area contributed by atoms with Crippen LogP contribution < -0.4 is 5.32 Å². The number of nitrogens with one attached hydrogen (secondary N) is 1. The van der Waals surface area contributed by atoms with Gasteiger partial charge in [-0.05, 0) is 32.2 Å². The second kappa shape index (κ2) is 6.65. The maximum Gasteiger partial charge on any atom is 0.409 e. The third kappa shape index (κ3) is 4.26. The molecule has 1 heterocycles. The van der Waals surface area contributed by atoms with E-state index < -0.39 is 12.1 Å². The highest BCUT2D eigenvalue weighted by Crippen LogP contribution is 2.37. The second-order valence-corrected chi connectivity index (χ2v) is 5.51. The number of hydrogen-bond donors (Lipinski definition) is 1. The molecule has 20 heavy (non-hydrogen) atoms. The average molecular weight is 294 g/mol. The summed E-state index contributed by atoms with van der Waals surface area (Å²) in [6.07, 6.45) is -1.77. The van der Waals surface area contributed by atoms with Crippen molar-refractivity contribution in [2.75, 3.05) is 26.2 Å². The summed E-state index contributed by atoms with van der Waals surface area (Å²) in [6.45, 7) is 2.28. The van der Waals surface area contributed by atoms with E-state index in [4.69, 9.17) is 4.74 Å². The van der Waals surface area contributed by atoms with Crippen molar-refractivity contribution in [3.8, 4) is 0 Å². The lowest BCUT2D eigenvalue weighted by molar-refractivity contribution is -0.183. The lowest BCUT2D eigenvalue weighted by atomic mass is 9.85. The molecule has 0 aromatic carbocycles. The Hall–Kier alpha value is -0.980. The highest BCUT2D eigenvalue weighted by Gasteiger charge is 2.41. The van der Waals surface area contributed by atoms with Crippen LogP contribution in [-0.4, -0.2) is 49.5 Å². The monoisotopic (exact) mass is 294 g/mol. The highest BCUT2D eigenvalue weighted by molar-refractivity contribution is 5.69. The van der Waals surface area contributed by atoms with Gasteiger partial charge in [-0.25, -0.2) is 4.79 Å². The minimum absolute atomic E-state index is 0.0547. The number of alkyl halides is 3. The molecule has 0 aromatic rings. The normalized spacial score (nSPS) is 27.8. The number of ether oxygens (including phenoxy) is 1. The summed E-state index contributed by atoms with van der Waals surface area (Å²) in [5, 5.41) is 3.18. The Labute approximate surface area is 116 Å². The Kier molecular flexibility index (Phi) is 5.12. The zero-order chi connectivity index (χ0) is 14.6. The van der Waals surface area contributed by atoms with E-state index >= 15 is 0 Å². The molecule has 2 atom stereocenters. The van der Waals surface area contributed by atoms with Crippen molar-refractivity contribution in [1.29, 1.82) is 0 Å². The Morgan fingerprint density at radius 1 is 1.35 bits per heavy atom. The van der Waals surface area contributed by atoms with Gasteiger partial charge in [-0.2, -0.15) is 13.2 Å². The van der Waals surface area contributed by atoms with Crippen LogP contribution in [0.5, 0.6) is 0 Å². The minimum Gasteiger partial charge on any atom is -0.448 e. The topological polar surface area (TPSA) is 41.6 Å². The van der Waals surface area contributed by atoms with Crippen molar-refractivity contribution in [2.24, 2.45) is 5.92 Å². The SMILES string of the molecule is O=C1OCCN1CCCNC1CCCC(C(F)(F)F)C1. The quantitative estimate of drug-likeness (QED) is 0.792. The zero-order valence-corrected chi connectivity index (χ0v) is 11.4. The van der Waals surface area contributed by atoms with E-state index in [0.717, 1.165) is 12.8 Å². The largest absolute Gasteiger partial charge is 0.448 e. The molecule has 116 valence electrons. The van der Waals surface area contributed by atoms with Crippen LogP contribution >= 0.6 is 0 Å². The number of carbonyl (C=O) groups is 1. The second-order valence-electron chi connectivity index (χ2n) is 5.51. The van der Waals surface area contributed by atoms with E-state index in [9.17, 15) is 18.0 Å². The molecule has 1 amide bonds. The van der Waals surface area contributed by atoms with Crippen LogP contribution in [0.25, 0.3) is 0 Å². The Balaban J connectivity index is 1.63. The van der Waals surface area contributed by atoms with E-state index in [-0.39, 0.29) is 25.0 Å². The van der Waals surface area contributed by atoms with Crippen LogP contribution in [0.1, 0.15) is 32.1 Å². The van der Waals surface area contributed by atoms with Gasteiger partial charge in [-0.15, -0.1) is 0 Å². The fraction of sp³-hybridized carbons (Fsp3) is 0.923. The van der Waals surface area contributed by atoms with Crippen LogP contribution in [0.4, 0.5) is 18.0 Å². The summed E-state index contributed by atoms with van der Waals surface area (Å²) in [4.78, 5) is 12.8. The average Bonchev–Trinajstić information content (AvgIpc) is 2.80. The molecule has 1 aliphatic heterocycles. The van der Waals surface area contributed by atoms with E-state index in [1.165, 1.54) is 0 Å². The number of cyclic esters (lactones) is 1. The van der Waals surface area contributed by atoms with Crippen LogP contribution in [-0.2, 0) is 4.74 Å². The van der Waals surface area contributed by atoms with E-state index in [2.05, 4.69) is 5.32 Å². The van der Waals surface area contributed by atoms with E-state index in [1.807, 2.05) is 0 Å². The van der Waals surface area contributed by atoms with E-state index in [1.54, 1.807) is 4.90 Å². The van der Waals surface area contributed by atoms with Crippen molar-refractivity contribution in [3.63, 3.8) is 0 Å². The standard InChI is InChI=1S/C13H21F3N2O2/c14-13(15,16)10-3-1-4-11(9-10)17-5-2-6-18-7-8-20-12(18)19/h10-11,17H,1-9H2. The summed E-state index contributed by atoms with van der Waals surface area (Å²) in [6, 6.07) is -0.0547. The molecule has 1 saturated heterocycles. The predicted octanol–water partition coefficient (Wildman–Crippen LogP) is 2.54. The van der Waals surface area contributed by atoms with Gasteiger partial charge in [0.25, 0.3) is 0 Å². The number of nitrogens with zero attached hydrogens (tertiary/aromatic N) is 1. The molecular formula is C13H21F3N2O2. The number of carbonyl (C=O) groups excluding carboxylic acids is 1. The molecule has 2 fully saturated rings. The van der Waals surface area contributed by atoms with Gasteiger partial charge >= 0.3 is 12.3 Å². The first-order valence-corrected chi connectivity index (χ1v) is 7.18. The highest BCUT2D eigenvalue weighted by atomic mass is 19.4. The van der Waals surface area contributed by atoms with Gasteiger partial charge in [0, 0.05) is 12.6 Å². The van der Waals surface area contributed by atoms with Gasteiger partial charge in [0.1, 0.15) is 6.61 Å². The van der Waals surface area contributed by atoms with Crippen molar-refractivity contribution in [2.45, 2.75) is 44.3 Å². The lowest BCUT2D eigenvalue weighted by Gasteiger charge is -2.31. The third-order valence-corrected chi connectivity index (χ3v) is 4.02. The molecule has 1 saturated carbocycles. The molecule has 0 radical (unpaired) electrons. The van der Waals surface area contributed by atoms with Gasteiger partial charge in [0.15, 0.2) is 0 Å². The summed E-state index contributed by atoms with van der Waals surface area (Å²) in [5.74, 6) is -1.16. The number of halogens is 3. The Morgan fingerprint density at radius 2 is 2.15 bits per heavy atom. The molecular weight excluding hydrogens is 273 g/mol. The van der Waals surface area contributed by atoms with Crippen LogP contribution in [0.3, 0.4) is 0 Å². The summed E-state index contributed by atoms with van der Waals surface area (Å²) in [7, 11) is 0. The third-order valence-electron chi connectivity index (χ3n) is 4.02. The van der Waals surface area contributed by atoms with Crippen molar-refractivity contribution in [3.05, 3.63) is 0 Å². The van der Waals surface area contributed by atoms with Gasteiger partial charge in [0.05, 0.1) is 12.5 Å². The van der Waals surface area contributed by atoms with Crippen molar-refractivity contribution < 1.29 is 22.7 Å².